The van der Waals surface area contributed by atoms with Gasteiger partial charge in [-0.2, -0.15) is 0 Å². The van der Waals surface area contributed by atoms with Crippen molar-refractivity contribution in [1.82, 2.24) is 10.2 Å². The first-order valence-electron chi connectivity index (χ1n) is 7.96. The van der Waals surface area contributed by atoms with E-state index in [1.165, 1.54) is 0 Å². The summed E-state index contributed by atoms with van der Waals surface area (Å²) in [5, 5.41) is 12.5. The molecule has 1 aromatic carbocycles. The molecule has 5 nitrogen and oxygen atoms in total. The molecule has 0 saturated heterocycles. The standard InChI is InChI=1S/C18H24N2O3/c1-3-20(4-2)16(17-9-6-10-23-17)13-19-12-14-7-5-8-15(11-14)18(21)22/h5-11,16,19H,3-4,12-13H2,1-2H3,(H,21,22). The fraction of sp³-hybridized carbons (Fsp3) is 0.389. The Kier molecular flexibility index (Phi) is 6.38. The number of benzene rings is 1. The maximum atomic E-state index is 11.0. The quantitative estimate of drug-likeness (QED) is 0.744. The first kappa shape index (κ1) is 17.2. The number of furan rings is 1. The van der Waals surface area contributed by atoms with Crippen molar-refractivity contribution in [2.24, 2.45) is 0 Å². The summed E-state index contributed by atoms with van der Waals surface area (Å²) < 4.78 is 5.57. The summed E-state index contributed by atoms with van der Waals surface area (Å²) in [7, 11) is 0. The van der Waals surface area contributed by atoms with Crippen LogP contribution < -0.4 is 5.32 Å². The monoisotopic (exact) mass is 316 g/mol. The summed E-state index contributed by atoms with van der Waals surface area (Å²) in [4.78, 5) is 13.4. The molecule has 2 rings (SSSR count). The number of carbonyl (C=O) groups is 1. The fourth-order valence-electron chi connectivity index (χ4n) is 2.72. The van der Waals surface area contributed by atoms with E-state index < -0.39 is 5.97 Å². The Morgan fingerprint density at radius 2 is 2.04 bits per heavy atom. The van der Waals surface area contributed by atoms with Gasteiger partial charge >= 0.3 is 5.97 Å². The number of nitrogens with one attached hydrogen (secondary N) is 1. The van der Waals surface area contributed by atoms with Crippen LogP contribution in [0.15, 0.2) is 47.1 Å². The van der Waals surface area contributed by atoms with Gasteiger partial charge in [-0.1, -0.05) is 26.0 Å². The molecule has 0 aliphatic heterocycles. The molecule has 0 radical (unpaired) electrons. The summed E-state index contributed by atoms with van der Waals surface area (Å²) in [6, 6.07) is 11.1. The molecule has 0 amide bonds. The largest absolute Gasteiger partial charge is 0.478 e. The minimum atomic E-state index is -0.900. The van der Waals surface area contributed by atoms with Crippen molar-refractivity contribution >= 4 is 5.97 Å². The minimum absolute atomic E-state index is 0.169. The van der Waals surface area contributed by atoms with Gasteiger partial charge in [0.25, 0.3) is 0 Å². The van der Waals surface area contributed by atoms with Gasteiger partial charge in [-0.15, -0.1) is 0 Å². The lowest BCUT2D eigenvalue weighted by Gasteiger charge is -2.28. The third kappa shape index (κ3) is 4.68. The lowest BCUT2D eigenvalue weighted by atomic mass is 10.1. The predicted molar refractivity (Wildman–Crippen MR) is 89.5 cm³/mol. The number of nitrogens with zero attached hydrogens (tertiary/aromatic N) is 1. The highest BCUT2D eigenvalue weighted by Crippen LogP contribution is 2.20. The molecule has 2 aromatic rings. The number of carboxylic acid groups (broad SMARTS) is 1. The maximum Gasteiger partial charge on any atom is 0.335 e. The second-order valence-corrected chi connectivity index (χ2v) is 5.39. The van der Waals surface area contributed by atoms with E-state index in [0.29, 0.717) is 12.1 Å². The van der Waals surface area contributed by atoms with Gasteiger partial charge in [0.1, 0.15) is 5.76 Å². The second-order valence-electron chi connectivity index (χ2n) is 5.39. The molecule has 1 unspecified atom stereocenters. The number of hydrogen-bond donors (Lipinski definition) is 2. The van der Waals surface area contributed by atoms with Crippen LogP contribution >= 0.6 is 0 Å². The molecule has 23 heavy (non-hydrogen) atoms. The Balaban J connectivity index is 1.99. The Labute approximate surface area is 136 Å². The molecule has 1 aromatic heterocycles. The van der Waals surface area contributed by atoms with E-state index in [0.717, 1.165) is 31.0 Å². The van der Waals surface area contributed by atoms with Crippen molar-refractivity contribution < 1.29 is 14.3 Å². The van der Waals surface area contributed by atoms with E-state index in [-0.39, 0.29) is 6.04 Å². The van der Waals surface area contributed by atoms with E-state index in [4.69, 9.17) is 9.52 Å². The Bertz CT molecular complexity index is 606. The molecule has 0 fully saturated rings. The summed E-state index contributed by atoms with van der Waals surface area (Å²) >= 11 is 0. The molecule has 0 aliphatic rings. The summed E-state index contributed by atoms with van der Waals surface area (Å²) in [6.07, 6.45) is 1.70. The lowest BCUT2D eigenvalue weighted by Crippen LogP contribution is -2.35. The molecule has 2 N–H and O–H groups in total. The van der Waals surface area contributed by atoms with Crippen LogP contribution in [-0.2, 0) is 6.54 Å². The lowest BCUT2D eigenvalue weighted by molar-refractivity contribution is 0.0696. The summed E-state index contributed by atoms with van der Waals surface area (Å²) in [5.41, 5.74) is 1.28. The van der Waals surface area contributed by atoms with Gasteiger partial charge in [-0.3, -0.25) is 4.90 Å². The summed E-state index contributed by atoms with van der Waals surface area (Å²) in [5.74, 6) is 0.0453. The average Bonchev–Trinajstić information content (AvgIpc) is 3.09. The smallest absolute Gasteiger partial charge is 0.335 e. The van der Waals surface area contributed by atoms with E-state index in [2.05, 4.69) is 24.1 Å². The number of carboxylic acids is 1. The Morgan fingerprint density at radius 3 is 2.65 bits per heavy atom. The fourth-order valence-corrected chi connectivity index (χ4v) is 2.72. The van der Waals surface area contributed by atoms with Gasteiger partial charge in [-0.05, 0) is 42.9 Å². The zero-order chi connectivity index (χ0) is 16.7. The first-order chi connectivity index (χ1) is 11.2. The zero-order valence-corrected chi connectivity index (χ0v) is 13.7. The SMILES string of the molecule is CCN(CC)C(CNCc1cccc(C(=O)O)c1)c1ccco1. The molecule has 5 heteroatoms. The van der Waals surface area contributed by atoms with Crippen LogP contribution in [0.1, 0.15) is 41.6 Å². The van der Waals surface area contributed by atoms with Gasteiger partial charge < -0.3 is 14.8 Å². The van der Waals surface area contributed by atoms with Crippen molar-refractivity contribution in [1.29, 1.82) is 0 Å². The minimum Gasteiger partial charge on any atom is -0.478 e. The number of rotatable bonds is 9. The molecule has 0 spiro atoms. The first-order valence-corrected chi connectivity index (χ1v) is 7.96. The van der Waals surface area contributed by atoms with Crippen LogP contribution in [0.25, 0.3) is 0 Å². The Morgan fingerprint density at radius 1 is 1.26 bits per heavy atom. The molecule has 1 heterocycles. The molecule has 0 bridgehead atoms. The molecule has 1 atom stereocenters. The second kappa shape index (κ2) is 8.50. The predicted octanol–water partition coefficient (Wildman–Crippen LogP) is 3.15. The normalized spacial score (nSPS) is 12.5. The van der Waals surface area contributed by atoms with Crippen LogP contribution in [-0.4, -0.2) is 35.6 Å². The van der Waals surface area contributed by atoms with Crippen LogP contribution in [0.3, 0.4) is 0 Å². The molecular weight excluding hydrogens is 292 g/mol. The van der Waals surface area contributed by atoms with Crippen LogP contribution in [0.4, 0.5) is 0 Å². The molecular formula is C18H24N2O3. The highest BCUT2D eigenvalue weighted by Gasteiger charge is 2.20. The van der Waals surface area contributed by atoms with Crippen molar-refractivity contribution in [3.63, 3.8) is 0 Å². The van der Waals surface area contributed by atoms with E-state index in [1.54, 1.807) is 24.5 Å². The highest BCUT2D eigenvalue weighted by atomic mass is 16.4. The Hall–Kier alpha value is -2.11. The van der Waals surface area contributed by atoms with Crippen LogP contribution in [0, 0.1) is 0 Å². The van der Waals surface area contributed by atoms with Crippen molar-refractivity contribution in [2.75, 3.05) is 19.6 Å². The van der Waals surface area contributed by atoms with Gasteiger partial charge in [0.15, 0.2) is 0 Å². The molecule has 0 aliphatic carbocycles. The zero-order valence-electron chi connectivity index (χ0n) is 13.7. The number of hydrogen-bond acceptors (Lipinski definition) is 4. The summed E-state index contributed by atoms with van der Waals surface area (Å²) in [6.45, 7) is 7.52. The molecule has 124 valence electrons. The van der Waals surface area contributed by atoms with Crippen LogP contribution in [0.5, 0.6) is 0 Å². The van der Waals surface area contributed by atoms with Gasteiger partial charge in [0.2, 0.25) is 0 Å². The van der Waals surface area contributed by atoms with Crippen LogP contribution in [0.2, 0.25) is 0 Å². The van der Waals surface area contributed by atoms with Crippen molar-refractivity contribution in [3.8, 4) is 0 Å². The van der Waals surface area contributed by atoms with E-state index in [9.17, 15) is 4.79 Å². The topological polar surface area (TPSA) is 65.7 Å². The van der Waals surface area contributed by atoms with E-state index >= 15 is 0 Å². The highest BCUT2D eigenvalue weighted by molar-refractivity contribution is 5.87. The molecule has 0 saturated carbocycles. The maximum absolute atomic E-state index is 11.0. The average molecular weight is 316 g/mol. The van der Waals surface area contributed by atoms with Gasteiger partial charge in [0.05, 0.1) is 17.9 Å². The van der Waals surface area contributed by atoms with E-state index in [1.807, 2.05) is 18.2 Å². The van der Waals surface area contributed by atoms with Gasteiger partial charge in [0, 0.05) is 13.1 Å². The van der Waals surface area contributed by atoms with Gasteiger partial charge in [-0.25, -0.2) is 4.79 Å². The van der Waals surface area contributed by atoms with Crippen molar-refractivity contribution in [2.45, 2.75) is 26.4 Å². The van der Waals surface area contributed by atoms with Crippen molar-refractivity contribution in [3.05, 3.63) is 59.5 Å². The number of likely N-dealkylation sites (N-methyl/N-ethyl adjacent to an activating group) is 1. The third-order valence-electron chi connectivity index (χ3n) is 3.97. The number of aromatic carboxylic acids is 1. The third-order valence-corrected chi connectivity index (χ3v) is 3.97.